The third-order valence-corrected chi connectivity index (χ3v) is 1.87. The number of hydrogen-bond acceptors (Lipinski definition) is 3. The Morgan fingerprint density at radius 2 is 1.20 bits per heavy atom. The van der Waals surface area contributed by atoms with Crippen LogP contribution in [0.3, 0.4) is 0 Å². The molecule has 6 heteroatoms. The summed E-state index contributed by atoms with van der Waals surface area (Å²) in [6.45, 7) is 6.46. The zero-order valence-electron chi connectivity index (χ0n) is 10.4. The molecule has 0 aromatic rings. The number of rotatable bonds is 5. The first-order valence-electron chi connectivity index (χ1n) is 4.47. The molecular weight excluding hydrogens is 453 g/mol. The van der Waals surface area contributed by atoms with Crippen LogP contribution in [0.25, 0.3) is 0 Å². The molecule has 0 saturated carbocycles. The first-order chi connectivity index (χ1) is 5.43. The monoisotopic (exact) mass is 479 g/mol. The van der Waals surface area contributed by atoms with Gasteiger partial charge >= 0.3 is 58.4 Å². The van der Waals surface area contributed by atoms with Gasteiger partial charge in [0.15, 0.2) is 0 Å². The molecule has 15 heavy (non-hydrogen) atoms. The second-order valence-corrected chi connectivity index (χ2v) is 4.07. The van der Waals surface area contributed by atoms with Gasteiger partial charge in [-0.15, -0.1) is 0 Å². The van der Waals surface area contributed by atoms with E-state index >= 15 is 0 Å². The van der Waals surface area contributed by atoms with E-state index in [0.29, 0.717) is 6.04 Å². The van der Waals surface area contributed by atoms with Crippen LogP contribution in [0.4, 0.5) is 0 Å². The maximum Gasteiger partial charge on any atom is 1.00 e. The molecule has 3 radical (unpaired) electrons. The topological polar surface area (TPSA) is 9.72 Å². The van der Waals surface area contributed by atoms with E-state index in [2.05, 4.69) is 56.7 Å². The Morgan fingerprint density at radius 1 is 0.800 bits per heavy atom. The van der Waals surface area contributed by atoms with Crippen molar-refractivity contribution in [3.8, 4) is 0 Å². The van der Waals surface area contributed by atoms with Crippen molar-refractivity contribution in [2.45, 2.75) is 19.9 Å². The molecule has 0 rings (SSSR count). The molecule has 0 aromatic heterocycles. The van der Waals surface area contributed by atoms with E-state index in [1.807, 2.05) is 0 Å². The van der Waals surface area contributed by atoms with E-state index in [9.17, 15) is 0 Å². The standard InChI is InChI=1S/C9H23N3.3Ru/c1-9(2)12(6)8-11(5)7-10(3)4;;;/h9H,7-8H2,1-6H3;;;/q;3*+1. The number of hydrogen-bond donors (Lipinski definition) is 0. The van der Waals surface area contributed by atoms with Crippen LogP contribution in [0.15, 0.2) is 0 Å². The molecule has 0 aliphatic rings. The largest absolute Gasteiger partial charge is 1.00 e. The molecule has 95 valence electrons. The van der Waals surface area contributed by atoms with E-state index in [4.69, 9.17) is 0 Å². The molecule has 0 fully saturated rings. The molecule has 0 spiro atoms. The van der Waals surface area contributed by atoms with Gasteiger partial charge in [-0.05, 0) is 42.0 Å². The fraction of sp³-hybridized carbons (Fsp3) is 1.00. The predicted molar refractivity (Wildman–Crippen MR) is 54.1 cm³/mol. The Bertz CT molecular complexity index is 123. The Kier molecular flexibility index (Phi) is 23.5. The van der Waals surface area contributed by atoms with Crippen molar-refractivity contribution in [3.63, 3.8) is 0 Å². The van der Waals surface area contributed by atoms with E-state index in [0.717, 1.165) is 13.3 Å². The van der Waals surface area contributed by atoms with Gasteiger partial charge in [-0.3, -0.25) is 14.7 Å². The van der Waals surface area contributed by atoms with Crippen LogP contribution < -0.4 is 0 Å². The third-order valence-electron chi connectivity index (χ3n) is 1.87. The van der Waals surface area contributed by atoms with Crippen molar-refractivity contribution in [3.05, 3.63) is 0 Å². The maximum absolute atomic E-state index is 2.32. The van der Waals surface area contributed by atoms with Crippen molar-refractivity contribution in [2.75, 3.05) is 41.5 Å². The molecule has 0 saturated heterocycles. The summed E-state index contributed by atoms with van der Waals surface area (Å²) in [5.74, 6) is 0. The fourth-order valence-electron chi connectivity index (χ4n) is 1.07. The molecule has 0 bridgehead atoms. The van der Waals surface area contributed by atoms with Crippen LogP contribution in [0.2, 0.25) is 0 Å². The summed E-state index contributed by atoms with van der Waals surface area (Å²) in [5, 5.41) is 0. The van der Waals surface area contributed by atoms with Gasteiger partial charge in [-0.25, -0.2) is 0 Å². The molecule has 0 aliphatic carbocycles. The summed E-state index contributed by atoms with van der Waals surface area (Å²) in [7, 11) is 8.47. The van der Waals surface area contributed by atoms with Crippen LogP contribution >= 0.6 is 0 Å². The van der Waals surface area contributed by atoms with Crippen molar-refractivity contribution in [2.24, 2.45) is 0 Å². The molecule has 0 N–H and O–H groups in total. The molecule has 0 amide bonds. The maximum atomic E-state index is 2.32. The SMILES string of the molecule is CC(C)N(C)CN(C)CN(C)C.[Ru+].[Ru+].[Ru+]. The smallest absolute Gasteiger partial charge is 0.297 e. The predicted octanol–water partition coefficient (Wildman–Crippen LogP) is 0.728. The average Bonchev–Trinajstić information content (AvgIpc) is 1.84. The summed E-state index contributed by atoms with van der Waals surface area (Å²) in [5.41, 5.74) is 0. The van der Waals surface area contributed by atoms with Crippen molar-refractivity contribution in [1.29, 1.82) is 0 Å². The molecule has 0 aliphatic heterocycles. The first-order valence-corrected chi connectivity index (χ1v) is 4.47. The molecule has 0 heterocycles. The van der Waals surface area contributed by atoms with E-state index < -0.39 is 0 Å². The summed E-state index contributed by atoms with van der Waals surface area (Å²) in [6, 6.07) is 0.620. The molecular formula is C9H23N3Ru3+3. The zero-order chi connectivity index (χ0) is 9.72. The quantitative estimate of drug-likeness (QED) is 0.428. The van der Waals surface area contributed by atoms with Gasteiger partial charge in [-0.1, -0.05) is 0 Å². The van der Waals surface area contributed by atoms with Crippen LogP contribution in [0.1, 0.15) is 13.8 Å². The summed E-state index contributed by atoms with van der Waals surface area (Å²) >= 11 is 0. The van der Waals surface area contributed by atoms with Crippen LogP contribution in [-0.2, 0) is 58.4 Å². The number of nitrogens with zero attached hydrogens (tertiary/aromatic N) is 3. The van der Waals surface area contributed by atoms with Gasteiger partial charge in [0, 0.05) is 6.04 Å². The van der Waals surface area contributed by atoms with E-state index in [1.165, 1.54) is 0 Å². The molecule has 0 unspecified atom stereocenters. The van der Waals surface area contributed by atoms with E-state index in [-0.39, 0.29) is 58.4 Å². The van der Waals surface area contributed by atoms with Gasteiger partial charge in [0.05, 0.1) is 13.3 Å². The first kappa shape index (κ1) is 25.6. The minimum Gasteiger partial charge on any atom is -0.297 e. The second kappa shape index (κ2) is 13.8. The van der Waals surface area contributed by atoms with Crippen molar-refractivity contribution in [1.82, 2.24) is 14.7 Å². The van der Waals surface area contributed by atoms with Crippen molar-refractivity contribution < 1.29 is 58.4 Å². The van der Waals surface area contributed by atoms with Crippen LogP contribution in [0, 0.1) is 0 Å². The summed E-state index contributed by atoms with van der Waals surface area (Å²) in [6.07, 6.45) is 0. The van der Waals surface area contributed by atoms with Crippen molar-refractivity contribution >= 4 is 0 Å². The fourth-order valence-corrected chi connectivity index (χ4v) is 1.07. The van der Waals surface area contributed by atoms with Gasteiger partial charge < -0.3 is 0 Å². The Balaban J connectivity index is -0.000000202. The van der Waals surface area contributed by atoms with Gasteiger partial charge in [0.25, 0.3) is 0 Å². The molecule has 0 aromatic carbocycles. The second-order valence-electron chi connectivity index (χ2n) is 4.07. The average molecular weight is 477 g/mol. The van der Waals surface area contributed by atoms with Gasteiger partial charge in [0.2, 0.25) is 0 Å². The molecule has 0 atom stereocenters. The van der Waals surface area contributed by atoms with Gasteiger partial charge in [0.1, 0.15) is 0 Å². The van der Waals surface area contributed by atoms with Crippen LogP contribution in [-0.4, -0.2) is 62.3 Å². The minimum absolute atomic E-state index is 0. The summed E-state index contributed by atoms with van der Waals surface area (Å²) in [4.78, 5) is 6.79. The normalized spacial score (nSPS) is 10.0. The Morgan fingerprint density at radius 3 is 1.47 bits per heavy atom. The molecule has 3 nitrogen and oxygen atoms in total. The third kappa shape index (κ3) is 15.8. The van der Waals surface area contributed by atoms with Crippen LogP contribution in [0.5, 0.6) is 0 Å². The Labute approximate surface area is 134 Å². The van der Waals surface area contributed by atoms with Gasteiger partial charge in [-0.2, -0.15) is 0 Å². The summed E-state index contributed by atoms with van der Waals surface area (Å²) < 4.78 is 0. The zero-order valence-corrected chi connectivity index (χ0v) is 15.6. The Hall–Kier alpha value is 1.75. The van der Waals surface area contributed by atoms with E-state index in [1.54, 1.807) is 0 Å². The minimum atomic E-state index is 0.